The maximum absolute atomic E-state index is 5.74. The van der Waals surface area contributed by atoms with Crippen molar-refractivity contribution in [3.63, 3.8) is 0 Å². The average molecular weight is 373 g/mol. The Morgan fingerprint density at radius 2 is 2.17 bits per heavy atom. The Kier molecular flexibility index (Phi) is 2.90. The van der Waals surface area contributed by atoms with E-state index in [0.717, 1.165) is 22.7 Å². The number of rotatable bonds is 2. The fourth-order valence-corrected chi connectivity index (χ4v) is 3.18. The fourth-order valence-electron chi connectivity index (χ4n) is 1.77. The third-order valence-electron chi connectivity index (χ3n) is 2.45. The minimum atomic E-state index is 0.458. The van der Waals surface area contributed by atoms with Crippen LogP contribution in [0.5, 0.6) is 0 Å². The van der Waals surface area contributed by atoms with E-state index in [1.54, 1.807) is 16.8 Å². The summed E-state index contributed by atoms with van der Waals surface area (Å²) in [7, 11) is 0. The van der Waals surface area contributed by atoms with Crippen LogP contribution in [0.1, 0.15) is 5.69 Å². The summed E-state index contributed by atoms with van der Waals surface area (Å²) in [6, 6.07) is 0. The predicted octanol–water partition coefficient (Wildman–Crippen LogP) is 1.67. The second kappa shape index (κ2) is 4.43. The monoisotopic (exact) mass is 373 g/mol. The standard InChI is InChI=1S/C9H9IN7P/c1-5-3-16-4-7(11)14-9(16)8(13-5)6-2-12-15-17(6)18-10/h2-4,18H,11H2,1H3. The summed E-state index contributed by atoms with van der Waals surface area (Å²) < 4.78 is 3.67. The Hall–Kier alpha value is -1.28. The maximum Gasteiger partial charge on any atom is 0.167 e. The molecule has 3 heterocycles. The largest absolute Gasteiger partial charge is 0.382 e. The lowest BCUT2D eigenvalue weighted by atomic mass is 10.3. The topological polar surface area (TPSA) is 86.9 Å². The van der Waals surface area contributed by atoms with E-state index in [-0.39, 0.29) is 0 Å². The highest BCUT2D eigenvalue weighted by Crippen LogP contribution is 2.30. The number of aryl methyl sites for hydroxylation is 1. The van der Waals surface area contributed by atoms with Crippen LogP contribution in [-0.4, -0.2) is 29.1 Å². The number of hydrogen-bond acceptors (Lipinski definition) is 5. The number of imidazole rings is 1. The summed E-state index contributed by atoms with van der Waals surface area (Å²) in [5.41, 5.74) is 8.94. The first-order valence-electron chi connectivity index (χ1n) is 5.08. The third-order valence-corrected chi connectivity index (χ3v) is 4.31. The zero-order valence-electron chi connectivity index (χ0n) is 9.37. The molecule has 7 nitrogen and oxygen atoms in total. The molecule has 18 heavy (non-hydrogen) atoms. The zero-order valence-corrected chi connectivity index (χ0v) is 12.5. The molecule has 0 aromatic carbocycles. The number of nitrogen functional groups attached to an aromatic ring is 1. The Bertz CT molecular complexity index is 719. The molecule has 0 amide bonds. The Balaban J connectivity index is 2.34. The van der Waals surface area contributed by atoms with Crippen LogP contribution in [0.25, 0.3) is 17.0 Å². The van der Waals surface area contributed by atoms with Crippen molar-refractivity contribution < 1.29 is 0 Å². The lowest BCUT2D eigenvalue weighted by Crippen LogP contribution is -1.98. The number of nitrogens with zero attached hydrogens (tertiary/aromatic N) is 6. The van der Waals surface area contributed by atoms with Gasteiger partial charge in [-0.2, -0.15) is 0 Å². The van der Waals surface area contributed by atoms with Crippen molar-refractivity contribution in [2.24, 2.45) is 0 Å². The smallest absolute Gasteiger partial charge is 0.167 e. The van der Waals surface area contributed by atoms with Crippen molar-refractivity contribution in [3.8, 4) is 11.4 Å². The van der Waals surface area contributed by atoms with E-state index in [0.29, 0.717) is 12.2 Å². The van der Waals surface area contributed by atoms with Crippen molar-refractivity contribution in [3.05, 3.63) is 24.3 Å². The van der Waals surface area contributed by atoms with E-state index in [9.17, 15) is 0 Å². The first-order valence-corrected chi connectivity index (χ1v) is 9.14. The second-order valence-corrected chi connectivity index (χ2v) is 5.78. The summed E-state index contributed by atoms with van der Waals surface area (Å²) in [5, 5.41) is 7.94. The number of fused-ring (bicyclic) bond motifs is 1. The average Bonchev–Trinajstić information content (AvgIpc) is 2.92. The highest BCUT2D eigenvalue weighted by atomic mass is 127. The second-order valence-electron chi connectivity index (χ2n) is 3.74. The molecule has 0 bridgehead atoms. The molecule has 0 radical (unpaired) electrons. The molecule has 0 saturated heterocycles. The van der Waals surface area contributed by atoms with Gasteiger partial charge in [-0.3, -0.25) is 0 Å². The van der Waals surface area contributed by atoms with E-state index >= 15 is 0 Å². The minimum absolute atomic E-state index is 0.458. The van der Waals surface area contributed by atoms with E-state index in [2.05, 4.69) is 42.3 Å². The summed E-state index contributed by atoms with van der Waals surface area (Å²) >= 11 is 2.25. The van der Waals surface area contributed by atoms with Crippen LogP contribution < -0.4 is 5.73 Å². The molecule has 9 heteroatoms. The van der Waals surface area contributed by atoms with Crippen LogP contribution in [0.2, 0.25) is 0 Å². The molecule has 3 aromatic heterocycles. The normalized spacial score (nSPS) is 11.9. The number of hydrogen-bond donors (Lipinski definition) is 1. The summed E-state index contributed by atoms with van der Waals surface area (Å²) in [6.07, 6.45) is 5.81. The van der Waals surface area contributed by atoms with E-state index in [1.807, 2.05) is 17.5 Å². The van der Waals surface area contributed by atoms with Gasteiger partial charge in [0.25, 0.3) is 0 Å². The van der Waals surface area contributed by atoms with Gasteiger partial charge in [-0.15, -0.1) is 5.10 Å². The van der Waals surface area contributed by atoms with Crippen LogP contribution in [0.4, 0.5) is 5.82 Å². The number of aromatic nitrogens is 6. The molecule has 3 aromatic rings. The van der Waals surface area contributed by atoms with Gasteiger partial charge in [-0.05, 0) is 29.0 Å². The molecule has 0 aliphatic carbocycles. The summed E-state index contributed by atoms with van der Waals surface area (Å²) in [4.78, 5) is 8.82. The summed E-state index contributed by atoms with van der Waals surface area (Å²) in [6.45, 7) is 1.93. The van der Waals surface area contributed by atoms with Crippen molar-refractivity contribution >= 4 is 39.9 Å². The quantitative estimate of drug-likeness (QED) is 0.546. The van der Waals surface area contributed by atoms with Crippen LogP contribution >= 0.6 is 28.4 Å². The van der Waals surface area contributed by atoms with Crippen molar-refractivity contribution in [2.75, 3.05) is 5.73 Å². The Labute approximate surface area is 117 Å². The van der Waals surface area contributed by atoms with Gasteiger partial charge in [-0.25, -0.2) is 14.4 Å². The zero-order chi connectivity index (χ0) is 12.7. The van der Waals surface area contributed by atoms with Crippen LogP contribution in [0, 0.1) is 6.92 Å². The molecule has 0 aliphatic heterocycles. The van der Waals surface area contributed by atoms with E-state index in [1.165, 1.54) is 0 Å². The van der Waals surface area contributed by atoms with E-state index in [4.69, 9.17) is 5.73 Å². The minimum Gasteiger partial charge on any atom is -0.382 e. The number of nitrogens with two attached hydrogens (primary N) is 1. The van der Waals surface area contributed by atoms with Crippen molar-refractivity contribution in [2.45, 2.75) is 6.92 Å². The lowest BCUT2D eigenvalue weighted by molar-refractivity contribution is 0.891. The van der Waals surface area contributed by atoms with Gasteiger partial charge < -0.3 is 10.1 Å². The molecule has 0 aliphatic rings. The van der Waals surface area contributed by atoms with Crippen molar-refractivity contribution in [1.82, 2.24) is 29.1 Å². The van der Waals surface area contributed by atoms with E-state index < -0.39 is 0 Å². The molecular weight excluding hydrogens is 364 g/mol. The third kappa shape index (κ3) is 1.85. The molecule has 92 valence electrons. The van der Waals surface area contributed by atoms with Gasteiger partial charge in [-0.1, -0.05) is 5.21 Å². The first-order chi connectivity index (χ1) is 8.69. The molecule has 1 unspecified atom stereocenters. The summed E-state index contributed by atoms with van der Waals surface area (Å²) in [5.74, 6) is 0.472. The first kappa shape index (κ1) is 11.8. The lowest BCUT2D eigenvalue weighted by Gasteiger charge is -2.04. The highest BCUT2D eigenvalue weighted by Gasteiger charge is 2.14. The highest BCUT2D eigenvalue weighted by molar-refractivity contribution is 14.2. The van der Waals surface area contributed by atoms with Gasteiger partial charge in [0.15, 0.2) is 5.65 Å². The molecule has 0 fully saturated rings. The fraction of sp³-hybridized carbons (Fsp3) is 0.111. The van der Waals surface area contributed by atoms with Gasteiger partial charge in [0.05, 0.1) is 24.5 Å². The predicted molar refractivity (Wildman–Crippen MR) is 78.9 cm³/mol. The van der Waals surface area contributed by atoms with Gasteiger partial charge in [0.1, 0.15) is 17.2 Å². The van der Waals surface area contributed by atoms with Crippen LogP contribution in [0.3, 0.4) is 0 Å². The number of anilines is 1. The van der Waals surface area contributed by atoms with Crippen molar-refractivity contribution in [1.29, 1.82) is 0 Å². The molecular formula is C9H9IN7P. The molecule has 0 spiro atoms. The Morgan fingerprint density at radius 1 is 1.33 bits per heavy atom. The molecule has 2 N–H and O–H groups in total. The molecule has 0 saturated carbocycles. The molecule has 1 atom stereocenters. The number of halogens is 1. The maximum atomic E-state index is 5.74. The SMILES string of the molecule is Cc1cn2cc(N)nc2c(-c2cnnn2PI)n1. The Morgan fingerprint density at radius 3 is 2.94 bits per heavy atom. The van der Waals surface area contributed by atoms with Gasteiger partial charge in [0, 0.05) is 6.20 Å². The van der Waals surface area contributed by atoms with Gasteiger partial charge >= 0.3 is 0 Å². The van der Waals surface area contributed by atoms with Gasteiger partial charge in [0.2, 0.25) is 0 Å². The van der Waals surface area contributed by atoms with Crippen LogP contribution in [-0.2, 0) is 0 Å². The molecule has 3 rings (SSSR count). The van der Waals surface area contributed by atoms with Crippen LogP contribution in [0.15, 0.2) is 18.6 Å².